The van der Waals surface area contributed by atoms with Gasteiger partial charge in [-0.25, -0.2) is 0 Å². The maximum Gasteiger partial charge on any atom is 0.0472 e. The van der Waals surface area contributed by atoms with Crippen molar-refractivity contribution in [1.82, 2.24) is 10.2 Å². The highest BCUT2D eigenvalue weighted by atomic mass is 16.5. The van der Waals surface area contributed by atoms with Crippen LogP contribution < -0.4 is 5.32 Å². The summed E-state index contributed by atoms with van der Waals surface area (Å²) in [4.78, 5) is 2.47. The molecule has 14 heavy (non-hydrogen) atoms. The fourth-order valence-electron chi connectivity index (χ4n) is 3.12. The highest BCUT2D eigenvalue weighted by molar-refractivity contribution is 4.97. The van der Waals surface area contributed by atoms with Gasteiger partial charge in [0.2, 0.25) is 0 Å². The van der Waals surface area contributed by atoms with Crippen LogP contribution in [0.5, 0.6) is 0 Å². The molecule has 1 unspecified atom stereocenters. The van der Waals surface area contributed by atoms with Crippen molar-refractivity contribution in [3.8, 4) is 0 Å². The molecule has 0 bridgehead atoms. The van der Waals surface area contributed by atoms with E-state index in [4.69, 9.17) is 4.74 Å². The van der Waals surface area contributed by atoms with Crippen molar-refractivity contribution in [2.75, 3.05) is 40.4 Å². The zero-order valence-corrected chi connectivity index (χ0v) is 9.38. The van der Waals surface area contributed by atoms with Gasteiger partial charge < -0.3 is 15.0 Å². The Morgan fingerprint density at radius 2 is 2.07 bits per heavy atom. The number of likely N-dealkylation sites (tertiary alicyclic amines) is 1. The molecule has 2 saturated heterocycles. The SMILES string of the molecule is CNC1CCN(C)CC12CCOCC2. The summed E-state index contributed by atoms with van der Waals surface area (Å²) in [5.41, 5.74) is 0.486. The topological polar surface area (TPSA) is 24.5 Å². The van der Waals surface area contributed by atoms with Gasteiger partial charge in [0.1, 0.15) is 0 Å². The first-order valence-electron chi connectivity index (χ1n) is 5.70. The normalized spacial score (nSPS) is 33.4. The molecule has 82 valence electrons. The molecule has 3 heteroatoms. The predicted octanol–water partition coefficient (Wildman–Crippen LogP) is 0.707. The number of ether oxygens (including phenoxy) is 1. The molecule has 1 N–H and O–H groups in total. The molecule has 2 aliphatic heterocycles. The van der Waals surface area contributed by atoms with E-state index in [1.54, 1.807) is 0 Å². The lowest BCUT2D eigenvalue weighted by atomic mass is 9.70. The molecule has 2 rings (SSSR count). The lowest BCUT2D eigenvalue weighted by Crippen LogP contribution is -2.57. The van der Waals surface area contributed by atoms with Crippen molar-refractivity contribution in [3.63, 3.8) is 0 Å². The Morgan fingerprint density at radius 3 is 2.71 bits per heavy atom. The summed E-state index contributed by atoms with van der Waals surface area (Å²) in [6.45, 7) is 4.37. The van der Waals surface area contributed by atoms with Crippen molar-refractivity contribution in [2.45, 2.75) is 25.3 Å². The predicted molar refractivity (Wildman–Crippen MR) is 57.4 cm³/mol. The van der Waals surface area contributed by atoms with E-state index in [0.29, 0.717) is 11.5 Å². The summed E-state index contributed by atoms with van der Waals surface area (Å²) in [6, 6.07) is 0.697. The first-order valence-corrected chi connectivity index (χ1v) is 5.70. The molecular formula is C11H22N2O. The van der Waals surface area contributed by atoms with E-state index in [1.165, 1.54) is 32.4 Å². The largest absolute Gasteiger partial charge is 0.381 e. The average Bonchev–Trinajstić information content (AvgIpc) is 2.19. The molecule has 0 aromatic carbocycles. The van der Waals surface area contributed by atoms with Crippen LogP contribution in [0.15, 0.2) is 0 Å². The van der Waals surface area contributed by atoms with Gasteiger partial charge in [-0.15, -0.1) is 0 Å². The fourth-order valence-corrected chi connectivity index (χ4v) is 3.12. The molecule has 0 aromatic rings. The number of nitrogens with one attached hydrogen (secondary N) is 1. The van der Waals surface area contributed by atoms with Gasteiger partial charge in [-0.2, -0.15) is 0 Å². The van der Waals surface area contributed by atoms with Crippen LogP contribution in [0.4, 0.5) is 0 Å². The Hall–Kier alpha value is -0.120. The Balaban J connectivity index is 2.09. The van der Waals surface area contributed by atoms with Crippen LogP contribution in [0, 0.1) is 5.41 Å². The van der Waals surface area contributed by atoms with Gasteiger partial charge in [0.15, 0.2) is 0 Å². The van der Waals surface area contributed by atoms with Crippen LogP contribution in [0.1, 0.15) is 19.3 Å². The fraction of sp³-hybridized carbons (Fsp3) is 1.00. The smallest absolute Gasteiger partial charge is 0.0472 e. The lowest BCUT2D eigenvalue weighted by Gasteiger charge is -2.49. The maximum absolute atomic E-state index is 5.48. The number of rotatable bonds is 1. The van der Waals surface area contributed by atoms with E-state index in [0.717, 1.165) is 13.2 Å². The van der Waals surface area contributed by atoms with Gasteiger partial charge in [-0.1, -0.05) is 0 Å². The van der Waals surface area contributed by atoms with Crippen LogP contribution >= 0.6 is 0 Å². The van der Waals surface area contributed by atoms with Gasteiger partial charge in [0, 0.05) is 31.2 Å². The van der Waals surface area contributed by atoms with E-state index in [2.05, 4.69) is 24.3 Å². The number of nitrogens with zero attached hydrogens (tertiary/aromatic N) is 1. The van der Waals surface area contributed by atoms with Crippen LogP contribution in [0.25, 0.3) is 0 Å². The Morgan fingerprint density at radius 1 is 1.36 bits per heavy atom. The summed E-state index contributed by atoms with van der Waals surface area (Å²) < 4.78 is 5.48. The number of hydrogen-bond acceptors (Lipinski definition) is 3. The van der Waals surface area contributed by atoms with E-state index in [9.17, 15) is 0 Å². The summed E-state index contributed by atoms with van der Waals surface area (Å²) in [5.74, 6) is 0. The lowest BCUT2D eigenvalue weighted by molar-refractivity contribution is -0.0405. The van der Waals surface area contributed by atoms with E-state index >= 15 is 0 Å². The molecule has 3 nitrogen and oxygen atoms in total. The van der Waals surface area contributed by atoms with E-state index < -0.39 is 0 Å². The molecular weight excluding hydrogens is 176 g/mol. The average molecular weight is 198 g/mol. The molecule has 0 amide bonds. The summed E-state index contributed by atoms with van der Waals surface area (Å²) in [5, 5.41) is 3.50. The first-order chi connectivity index (χ1) is 6.77. The van der Waals surface area contributed by atoms with Crippen molar-refractivity contribution in [3.05, 3.63) is 0 Å². The first kappa shape index (κ1) is 10.4. The molecule has 0 aliphatic carbocycles. The third kappa shape index (κ3) is 1.81. The van der Waals surface area contributed by atoms with Gasteiger partial charge in [0.25, 0.3) is 0 Å². The third-order valence-electron chi connectivity index (χ3n) is 3.96. The Bertz CT molecular complexity index is 190. The standard InChI is InChI=1S/C11H22N2O/c1-12-10-3-6-13(2)9-11(10)4-7-14-8-5-11/h10,12H,3-9H2,1-2H3. The van der Waals surface area contributed by atoms with Crippen molar-refractivity contribution in [2.24, 2.45) is 5.41 Å². The van der Waals surface area contributed by atoms with E-state index in [1.807, 2.05) is 0 Å². The zero-order valence-electron chi connectivity index (χ0n) is 9.38. The minimum Gasteiger partial charge on any atom is -0.381 e. The summed E-state index contributed by atoms with van der Waals surface area (Å²) in [7, 11) is 4.34. The highest BCUT2D eigenvalue weighted by Crippen LogP contribution is 2.38. The zero-order chi connectivity index (χ0) is 10.0. The maximum atomic E-state index is 5.48. The van der Waals surface area contributed by atoms with Crippen LogP contribution in [-0.4, -0.2) is 51.3 Å². The van der Waals surface area contributed by atoms with Crippen LogP contribution in [0.3, 0.4) is 0 Å². The monoisotopic (exact) mass is 198 g/mol. The molecule has 0 saturated carbocycles. The number of piperidine rings is 1. The molecule has 1 spiro atoms. The van der Waals surface area contributed by atoms with Gasteiger partial charge in [-0.3, -0.25) is 0 Å². The Labute approximate surface area is 86.8 Å². The van der Waals surface area contributed by atoms with Crippen LogP contribution in [0.2, 0.25) is 0 Å². The second kappa shape index (κ2) is 4.17. The van der Waals surface area contributed by atoms with Crippen molar-refractivity contribution >= 4 is 0 Å². The molecule has 2 fully saturated rings. The van der Waals surface area contributed by atoms with Gasteiger partial charge in [-0.05, 0) is 39.9 Å². The third-order valence-corrected chi connectivity index (χ3v) is 3.96. The minimum absolute atomic E-state index is 0.486. The quantitative estimate of drug-likeness (QED) is 0.671. The minimum atomic E-state index is 0.486. The molecule has 0 radical (unpaired) electrons. The van der Waals surface area contributed by atoms with Gasteiger partial charge in [0.05, 0.1) is 0 Å². The van der Waals surface area contributed by atoms with Crippen molar-refractivity contribution < 1.29 is 4.74 Å². The highest BCUT2D eigenvalue weighted by Gasteiger charge is 2.42. The van der Waals surface area contributed by atoms with Gasteiger partial charge >= 0.3 is 0 Å². The Kier molecular flexibility index (Phi) is 3.10. The summed E-state index contributed by atoms with van der Waals surface area (Å²) in [6.07, 6.45) is 3.73. The van der Waals surface area contributed by atoms with Crippen LogP contribution in [-0.2, 0) is 4.74 Å². The molecule has 2 heterocycles. The second-order valence-electron chi connectivity index (χ2n) is 4.84. The van der Waals surface area contributed by atoms with Crippen molar-refractivity contribution in [1.29, 1.82) is 0 Å². The summed E-state index contributed by atoms with van der Waals surface area (Å²) >= 11 is 0. The molecule has 1 atom stereocenters. The van der Waals surface area contributed by atoms with E-state index in [-0.39, 0.29) is 0 Å². The number of hydrogen-bond donors (Lipinski definition) is 1. The second-order valence-corrected chi connectivity index (χ2v) is 4.84. The molecule has 2 aliphatic rings. The molecule has 0 aromatic heterocycles.